The molecule has 0 bridgehead atoms. The summed E-state index contributed by atoms with van der Waals surface area (Å²) in [6.45, 7) is 6.80. The lowest BCUT2D eigenvalue weighted by atomic mass is 9.91. The third-order valence-electron chi connectivity index (χ3n) is 3.86. The third-order valence-corrected chi connectivity index (χ3v) is 3.86. The lowest BCUT2D eigenvalue weighted by Crippen LogP contribution is -2.54. The Morgan fingerprint density at radius 1 is 1.40 bits per heavy atom. The van der Waals surface area contributed by atoms with E-state index in [4.69, 9.17) is 14.6 Å². The summed E-state index contributed by atoms with van der Waals surface area (Å²) in [6, 6.07) is -0.192. The SMILES string of the molecule is CC(C)(C)OC(=O)N1CCOCC1C1(CC(=O)O)CC1. The molecule has 0 radical (unpaired) electrons. The van der Waals surface area contributed by atoms with E-state index in [9.17, 15) is 9.59 Å². The molecule has 2 aliphatic rings. The molecule has 2 fully saturated rings. The van der Waals surface area contributed by atoms with E-state index in [2.05, 4.69) is 0 Å². The van der Waals surface area contributed by atoms with Crippen molar-refractivity contribution in [2.75, 3.05) is 19.8 Å². The van der Waals surface area contributed by atoms with E-state index in [1.807, 2.05) is 20.8 Å². The minimum Gasteiger partial charge on any atom is -0.481 e. The molecule has 1 N–H and O–H groups in total. The van der Waals surface area contributed by atoms with E-state index in [-0.39, 0.29) is 24.0 Å². The topological polar surface area (TPSA) is 76.1 Å². The maximum absolute atomic E-state index is 12.3. The van der Waals surface area contributed by atoms with Crippen molar-refractivity contribution in [3.05, 3.63) is 0 Å². The molecule has 1 aliphatic carbocycles. The standard InChI is InChI=1S/C14H23NO5/c1-13(2,3)20-12(18)15-6-7-19-9-10(15)14(4-5-14)8-11(16)17/h10H,4-9H2,1-3H3,(H,16,17). The summed E-state index contributed by atoms with van der Waals surface area (Å²) in [5.74, 6) is -0.822. The first-order chi connectivity index (χ1) is 9.23. The lowest BCUT2D eigenvalue weighted by molar-refractivity contribution is -0.140. The monoisotopic (exact) mass is 285 g/mol. The predicted molar refractivity (Wildman–Crippen MR) is 71.5 cm³/mol. The highest BCUT2D eigenvalue weighted by molar-refractivity contribution is 5.71. The second-order valence-corrected chi connectivity index (χ2v) is 6.70. The van der Waals surface area contributed by atoms with Crippen LogP contribution >= 0.6 is 0 Å². The van der Waals surface area contributed by atoms with Gasteiger partial charge in [-0.05, 0) is 33.6 Å². The van der Waals surface area contributed by atoms with Gasteiger partial charge in [-0.15, -0.1) is 0 Å². The van der Waals surface area contributed by atoms with E-state index in [1.54, 1.807) is 4.90 Å². The Hall–Kier alpha value is -1.30. The average Bonchev–Trinajstić information content (AvgIpc) is 3.07. The van der Waals surface area contributed by atoms with Crippen molar-refractivity contribution in [2.24, 2.45) is 5.41 Å². The molecule has 0 aromatic rings. The van der Waals surface area contributed by atoms with E-state index >= 15 is 0 Å². The average molecular weight is 285 g/mol. The van der Waals surface area contributed by atoms with Crippen LogP contribution in [-0.2, 0) is 14.3 Å². The molecule has 0 aromatic heterocycles. The van der Waals surface area contributed by atoms with Crippen LogP contribution in [-0.4, -0.2) is 53.5 Å². The van der Waals surface area contributed by atoms with E-state index < -0.39 is 11.6 Å². The van der Waals surface area contributed by atoms with Gasteiger partial charge in [0.2, 0.25) is 0 Å². The summed E-state index contributed by atoms with van der Waals surface area (Å²) in [5, 5.41) is 9.06. The number of ether oxygens (including phenoxy) is 2. The maximum Gasteiger partial charge on any atom is 0.410 e. The number of carbonyl (C=O) groups is 2. The highest BCUT2D eigenvalue weighted by atomic mass is 16.6. The zero-order chi connectivity index (χ0) is 15.0. The minimum atomic E-state index is -0.822. The van der Waals surface area contributed by atoms with Gasteiger partial charge in [0.25, 0.3) is 0 Å². The molecule has 1 saturated carbocycles. The lowest BCUT2D eigenvalue weighted by Gasteiger charge is -2.40. The second-order valence-electron chi connectivity index (χ2n) is 6.70. The first kappa shape index (κ1) is 15.1. The third kappa shape index (κ3) is 3.42. The van der Waals surface area contributed by atoms with Crippen molar-refractivity contribution in [2.45, 2.75) is 51.7 Å². The number of aliphatic carboxylic acids is 1. The fourth-order valence-electron chi connectivity index (χ4n) is 2.74. The van der Waals surface area contributed by atoms with Crippen molar-refractivity contribution in [1.82, 2.24) is 4.90 Å². The van der Waals surface area contributed by atoms with E-state index in [0.29, 0.717) is 19.8 Å². The molecule has 1 aliphatic heterocycles. The molecule has 2 rings (SSSR count). The van der Waals surface area contributed by atoms with Crippen molar-refractivity contribution < 1.29 is 24.2 Å². The predicted octanol–water partition coefficient (Wildman–Crippen LogP) is 1.88. The minimum absolute atomic E-state index is 0.0837. The van der Waals surface area contributed by atoms with Crippen molar-refractivity contribution >= 4 is 12.1 Å². The summed E-state index contributed by atoms with van der Waals surface area (Å²) in [5.41, 5.74) is -0.882. The molecule has 6 nitrogen and oxygen atoms in total. The van der Waals surface area contributed by atoms with Crippen molar-refractivity contribution in [3.63, 3.8) is 0 Å². The van der Waals surface area contributed by atoms with Crippen molar-refractivity contribution in [1.29, 1.82) is 0 Å². The Bertz CT molecular complexity index is 397. The largest absolute Gasteiger partial charge is 0.481 e. The molecule has 20 heavy (non-hydrogen) atoms. The highest BCUT2D eigenvalue weighted by Gasteiger charge is 2.55. The number of hydrogen-bond donors (Lipinski definition) is 1. The van der Waals surface area contributed by atoms with Crippen LogP contribution in [0.15, 0.2) is 0 Å². The van der Waals surface area contributed by atoms with Gasteiger partial charge in [-0.25, -0.2) is 4.79 Å². The van der Waals surface area contributed by atoms with Crippen LogP contribution in [0.1, 0.15) is 40.0 Å². The molecular weight excluding hydrogens is 262 g/mol. The summed E-state index contributed by atoms with van der Waals surface area (Å²) in [7, 11) is 0. The summed E-state index contributed by atoms with van der Waals surface area (Å²) < 4.78 is 10.9. The van der Waals surface area contributed by atoms with Crippen LogP contribution in [0.25, 0.3) is 0 Å². The fourth-order valence-corrected chi connectivity index (χ4v) is 2.74. The zero-order valence-electron chi connectivity index (χ0n) is 12.3. The smallest absolute Gasteiger partial charge is 0.410 e. The van der Waals surface area contributed by atoms with Gasteiger partial charge in [0, 0.05) is 12.0 Å². The Morgan fingerprint density at radius 2 is 2.05 bits per heavy atom. The molecule has 1 unspecified atom stereocenters. The Morgan fingerprint density at radius 3 is 2.55 bits per heavy atom. The molecule has 1 amide bonds. The fraction of sp³-hybridized carbons (Fsp3) is 0.857. The molecule has 1 atom stereocenters. The van der Waals surface area contributed by atoms with E-state index in [0.717, 1.165) is 12.8 Å². The van der Waals surface area contributed by atoms with Gasteiger partial charge < -0.3 is 19.5 Å². The molecule has 0 aromatic carbocycles. The van der Waals surface area contributed by atoms with Gasteiger partial charge in [0.1, 0.15) is 5.60 Å². The first-order valence-electron chi connectivity index (χ1n) is 7.03. The van der Waals surface area contributed by atoms with Gasteiger partial charge in [0.05, 0.1) is 25.7 Å². The number of carboxylic acids is 1. The number of amides is 1. The van der Waals surface area contributed by atoms with Crippen LogP contribution in [0.3, 0.4) is 0 Å². The van der Waals surface area contributed by atoms with Crippen LogP contribution in [0, 0.1) is 5.41 Å². The van der Waals surface area contributed by atoms with E-state index in [1.165, 1.54) is 0 Å². The number of morpholine rings is 1. The quantitative estimate of drug-likeness (QED) is 0.856. The molecule has 0 spiro atoms. The van der Waals surface area contributed by atoms with Crippen LogP contribution in [0.5, 0.6) is 0 Å². The normalized spacial score (nSPS) is 25.1. The van der Waals surface area contributed by atoms with Crippen LogP contribution < -0.4 is 0 Å². The molecular formula is C14H23NO5. The summed E-state index contributed by atoms with van der Waals surface area (Å²) in [4.78, 5) is 25.0. The Balaban J connectivity index is 2.09. The number of carboxylic acid groups (broad SMARTS) is 1. The Kier molecular flexibility index (Phi) is 3.95. The first-order valence-corrected chi connectivity index (χ1v) is 7.03. The Labute approximate surface area is 119 Å². The molecule has 1 saturated heterocycles. The van der Waals surface area contributed by atoms with Gasteiger partial charge in [-0.3, -0.25) is 4.79 Å². The van der Waals surface area contributed by atoms with Crippen LogP contribution in [0.2, 0.25) is 0 Å². The number of carbonyl (C=O) groups excluding carboxylic acids is 1. The zero-order valence-corrected chi connectivity index (χ0v) is 12.3. The number of rotatable bonds is 3. The maximum atomic E-state index is 12.3. The van der Waals surface area contributed by atoms with Crippen LogP contribution in [0.4, 0.5) is 4.79 Å². The number of nitrogens with zero attached hydrogens (tertiary/aromatic N) is 1. The van der Waals surface area contributed by atoms with Gasteiger partial charge in [-0.2, -0.15) is 0 Å². The molecule has 114 valence electrons. The summed E-state index contributed by atoms with van der Waals surface area (Å²) >= 11 is 0. The van der Waals surface area contributed by atoms with Gasteiger partial charge >= 0.3 is 12.1 Å². The van der Waals surface area contributed by atoms with Gasteiger partial charge in [-0.1, -0.05) is 0 Å². The number of hydrogen-bond acceptors (Lipinski definition) is 4. The highest BCUT2D eigenvalue weighted by Crippen LogP contribution is 2.54. The summed E-state index contributed by atoms with van der Waals surface area (Å²) in [6.07, 6.45) is 1.36. The molecule has 1 heterocycles. The second kappa shape index (κ2) is 5.24. The van der Waals surface area contributed by atoms with Gasteiger partial charge in [0.15, 0.2) is 0 Å². The van der Waals surface area contributed by atoms with Crippen molar-refractivity contribution in [3.8, 4) is 0 Å². The molecule has 6 heteroatoms.